The molecule has 3 heteroatoms. The van der Waals surface area contributed by atoms with Crippen molar-refractivity contribution in [3.63, 3.8) is 0 Å². The van der Waals surface area contributed by atoms with E-state index in [1.54, 1.807) is 0 Å². The van der Waals surface area contributed by atoms with Gasteiger partial charge in [0.15, 0.2) is 0 Å². The lowest BCUT2D eigenvalue weighted by atomic mass is 9.93. The lowest BCUT2D eigenvalue weighted by Gasteiger charge is -2.33. The average Bonchev–Trinajstić information content (AvgIpc) is 2.24. The molecule has 0 fully saturated rings. The largest absolute Gasteiger partial charge is 0.481 e. The van der Waals surface area contributed by atoms with E-state index in [9.17, 15) is 4.79 Å². The van der Waals surface area contributed by atoms with Crippen LogP contribution in [0.2, 0.25) is 0 Å². The van der Waals surface area contributed by atoms with E-state index in [4.69, 9.17) is 5.11 Å². The van der Waals surface area contributed by atoms with Crippen LogP contribution in [0.25, 0.3) is 0 Å². The molecule has 100 valence electrons. The van der Waals surface area contributed by atoms with E-state index in [1.807, 2.05) is 37.4 Å². The molecule has 1 aromatic rings. The number of carboxylic acids is 1. The molecule has 0 amide bonds. The lowest BCUT2D eigenvalue weighted by Crippen LogP contribution is -2.34. The molecule has 0 aromatic heterocycles. The molecule has 1 rings (SSSR count). The summed E-state index contributed by atoms with van der Waals surface area (Å²) < 4.78 is 0. The molecule has 1 N–H and O–H groups in total. The molecule has 0 bridgehead atoms. The van der Waals surface area contributed by atoms with Crippen LogP contribution in [0.15, 0.2) is 30.3 Å². The van der Waals surface area contributed by atoms with Crippen molar-refractivity contribution in [1.29, 1.82) is 0 Å². The van der Waals surface area contributed by atoms with Gasteiger partial charge in [-0.3, -0.25) is 9.69 Å². The van der Waals surface area contributed by atoms with Gasteiger partial charge in [-0.15, -0.1) is 0 Å². The van der Waals surface area contributed by atoms with Gasteiger partial charge in [0.1, 0.15) is 0 Å². The summed E-state index contributed by atoms with van der Waals surface area (Å²) >= 11 is 0. The zero-order valence-corrected chi connectivity index (χ0v) is 11.7. The Bertz CT molecular complexity index is 381. The molecule has 0 radical (unpaired) electrons. The first-order valence-corrected chi connectivity index (χ1v) is 6.26. The van der Waals surface area contributed by atoms with Gasteiger partial charge in [0.25, 0.3) is 0 Å². The van der Waals surface area contributed by atoms with Crippen LogP contribution in [0.4, 0.5) is 0 Å². The highest BCUT2D eigenvalue weighted by molar-refractivity contribution is 5.67. The second kappa shape index (κ2) is 6.01. The molecule has 1 atom stereocenters. The second-order valence-electron chi connectivity index (χ2n) is 6.00. The summed E-state index contributed by atoms with van der Waals surface area (Å²) in [6, 6.07) is 9.78. The van der Waals surface area contributed by atoms with Crippen LogP contribution in [-0.2, 0) is 4.79 Å². The second-order valence-corrected chi connectivity index (χ2v) is 6.00. The molecule has 0 aliphatic heterocycles. The van der Waals surface area contributed by atoms with Gasteiger partial charge in [-0.25, -0.2) is 0 Å². The molecule has 0 aliphatic rings. The zero-order chi connectivity index (χ0) is 13.8. The van der Waals surface area contributed by atoms with Crippen molar-refractivity contribution in [2.24, 2.45) is 5.41 Å². The van der Waals surface area contributed by atoms with Gasteiger partial charge in [0.2, 0.25) is 0 Å². The van der Waals surface area contributed by atoms with Crippen molar-refractivity contribution in [3.8, 4) is 0 Å². The van der Waals surface area contributed by atoms with Crippen molar-refractivity contribution in [1.82, 2.24) is 4.90 Å². The standard InChI is InChI=1S/C15H23NO2/c1-15(2,3)11-16(4)13(10-14(17)18)12-8-6-5-7-9-12/h5-9,13H,10-11H2,1-4H3,(H,17,18). The molecule has 0 heterocycles. The van der Waals surface area contributed by atoms with Gasteiger partial charge in [0, 0.05) is 12.6 Å². The fraction of sp³-hybridized carbons (Fsp3) is 0.533. The van der Waals surface area contributed by atoms with Crippen LogP contribution in [0.5, 0.6) is 0 Å². The Morgan fingerprint density at radius 2 is 1.83 bits per heavy atom. The Morgan fingerprint density at radius 1 is 1.28 bits per heavy atom. The first kappa shape index (κ1) is 14.7. The highest BCUT2D eigenvalue weighted by Gasteiger charge is 2.23. The van der Waals surface area contributed by atoms with Gasteiger partial charge in [0.05, 0.1) is 6.42 Å². The van der Waals surface area contributed by atoms with Crippen molar-refractivity contribution in [2.75, 3.05) is 13.6 Å². The van der Waals surface area contributed by atoms with Crippen LogP contribution in [0.3, 0.4) is 0 Å². The Morgan fingerprint density at radius 3 is 2.28 bits per heavy atom. The first-order valence-electron chi connectivity index (χ1n) is 6.26. The van der Waals surface area contributed by atoms with E-state index in [2.05, 4.69) is 25.7 Å². The van der Waals surface area contributed by atoms with Crippen molar-refractivity contribution in [2.45, 2.75) is 33.2 Å². The average molecular weight is 249 g/mol. The molecule has 18 heavy (non-hydrogen) atoms. The summed E-state index contributed by atoms with van der Waals surface area (Å²) in [6.07, 6.45) is 0.136. The number of benzene rings is 1. The van der Waals surface area contributed by atoms with E-state index in [0.717, 1.165) is 12.1 Å². The quantitative estimate of drug-likeness (QED) is 0.871. The predicted molar refractivity (Wildman–Crippen MR) is 73.5 cm³/mol. The monoisotopic (exact) mass is 249 g/mol. The summed E-state index contributed by atoms with van der Waals surface area (Å²) in [5.41, 5.74) is 1.21. The van der Waals surface area contributed by atoms with E-state index in [0.29, 0.717) is 0 Å². The third kappa shape index (κ3) is 4.88. The maximum Gasteiger partial charge on any atom is 0.305 e. The van der Waals surface area contributed by atoms with Crippen molar-refractivity contribution in [3.05, 3.63) is 35.9 Å². The third-order valence-electron chi connectivity index (χ3n) is 2.81. The fourth-order valence-electron chi connectivity index (χ4n) is 2.23. The Labute approximate surface area is 109 Å². The maximum absolute atomic E-state index is 11.0. The number of carboxylic acid groups (broad SMARTS) is 1. The molecule has 0 saturated carbocycles. The normalized spacial score (nSPS) is 13.6. The van der Waals surface area contributed by atoms with E-state index in [-0.39, 0.29) is 17.9 Å². The summed E-state index contributed by atoms with van der Waals surface area (Å²) in [7, 11) is 1.99. The molecular weight excluding hydrogens is 226 g/mol. The number of nitrogens with zero attached hydrogens (tertiary/aromatic N) is 1. The van der Waals surface area contributed by atoms with E-state index >= 15 is 0 Å². The summed E-state index contributed by atoms with van der Waals surface area (Å²) in [5.74, 6) is -0.760. The van der Waals surface area contributed by atoms with E-state index in [1.165, 1.54) is 0 Å². The molecule has 0 spiro atoms. The summed E-state index contributed by atoms with van der Waals surface area (Å²) in [4.78, 5) is 13.2. The highest BCUT2D eigenvalue weighted by atomic mass is 16.4. The number of hydrogen-bond acceptors (Lipinski definition) is 2. The first-order chi connectivity index (χ1) is 8.29. The van der Waals surface area contributed by atoms with Crippen molar-refractivity contribution >= 4 is 5.97 Å². The Hall–Kier alpha value is -1.35. The number of hydrogen-bond donors (Lipinski definition) is 1. The maximum atomic E-state index is 11.0. The van der Waals surface area contributed by atoms with Gasteiger partial charge in [-0.1, -0.05) is 51.1 Å². The molecule has 0 saturated heterocycles. The van der Waals surface area contributed by atoms with Crippen LogP contribution in [-0.4, -0.2) is 29.6 Å². The van der Waals surface area contributed by atoms with Gasteiger partial charge >= 0.3 is 5.97 Å². The Kier molecular flexibility index (Phi) is 4.91. The van der Waals surface area contributed by atoms with Gasteiger partial charge in [-0.2, -0.15) is 0 Å². The molecule has 1 aromatic carbocycles. The van der Waals surface area contributed by atoms with E-state index < -0.39 is 5.97 Å². The Balaban J connectivity index is 2.88. The minimum Gasteiger partial charge on any atom is -0.481 e. The van der Waals surface area contributed by atoms with Gasteiger partial charge in [-0.05, 0) is 18.0 Å². The van der Waals surface area contributed by atoms with Crippen LogP contribution < -0.4 is 0 Å². The van der Waals surface area contributed by atoms with Crippen LogP contribution >= 0.6 is 0 Å². The van der Waals surface area contributed by atoms with Gasteiger partial charge < -0.3 is 5.11 Å². The molecule has 1 unspecified atom stereocenters. The minimum absolute atomic E-state index is 0.0667. The lowest BCUT2D eigenvalue weighted by molar-refractivity contribution is -0.138. The predicted octanol–water partition coefficient (Wildman–Crippen LogP) is 3.18. The fourth-order valence-corrected chi connectivity index (χ4v) is 2.23. The molecule has 3 nitrogen and oxygen atoms in total. The summed E-state index contributed by atoms with van der Waals surface area (Å²) in [5, 5.41) is 9.07. The smallest absolute Gasteiger partial charge is 0.305 e. The summed E-state index contributed by atoms with van der Waals surface area (Å²) in [6.45, 7) is 7.34. The minimum atomic E-state index is -0.760. The highest BCUT2D eigenvalue weighted by Crippen LogP contribution is 2.26. The van der Waals surface area contributed by atoms with Crippen molar-refractivity contribution < 1.29 is 9.90 Å². The number of aliphatic carboxylic acids is 1. The number of carbonyl (C=O) groups is 1. The van der Waals surface area contributed by atoms with Crippen LogP contribution in [0, 0.1) is 5.41 Å². The molecular formula is C15H23NO2. The third-order valence-corrected chi connectivity index (χ3v) is 2.81. The molecule has 0 aliphatic carbocycles. The van der Waals surface area contributed by atoms with Crippen LogP contribution in [0.1, 0.15) is 38.8 Å². The number of rotatable bonds is 5. The topological polar surface area (TPSA) is 40.5 Å². The SMILES string of the molecule is CN(CC(C)(C)C)C(CC(=O)O)c1ccccc1. The zero-order valence-electron chi connectivity index (χ0n) is 11.7.